The second kappa shape index (κ2) is 9.87. The molecule has 0 amide bonds. The Bertz CT molecular complexity index is 844. The average molecular weight is 411 g/mol. The SMILES string of the molecule is CCNC(=NCc1ccccc1OCC1CC1)NC1CCCN(c2cnn(C)c2)C1. The summed E-state index contributed by atoms with van der Waals surface area (Å²) in [5.74, 6) is 2.58. The summed E-state index contributed by atoms with van der Waals surface area (Å²) >= 11 is 0. The highest BCUT2D eigenvalue weighted by Gasteiger charge is 2.23. The van der Waals surface area contributed by atoms with Crippen molar-refractivity contribution in [2.75, 3.05) is 31.1 Å². The van der Waals surface area contributed by atoms with Gasteiger partial charge in [-0.25, -0.2) is 4.99 Å². The van der Waals surface area contributed by atoms with Crippen molar-refractivity contribution in [2.24, 2.45) is 18.0 Å². The van der Waals surface area contributed by atoms with Crippen LogP contribution in [0.25, 0.3) is 0 Å². The van der Waals surface area contributed by atoms with E-state index in [4.69, 9.17) is 9.73 Å². The molecule has 2 fully saturated rings. The molecule has 0 spiro atoms. The van der Waals surface area contributed by atoms with Gasteiger partial charge in [0.1, 0.15) is 5.75 Å². The van der Waals surface area contributed by atoms with Crippen LogP contribution in [0.4, 0.5) is 5.69 Å². The van der Waals surface area contributed by atoms with E-state index in [1.54, 1.807) is 0 Å². The predicted octanol–water partition coefficient (Wildman–Crippen LogP) is 2.93. The summed E-state index contributed by atoms with van der Waals surface area (Å²) < 4.78 is 7.91. The Morgan fingerprint density at radius 2 is 2.13 bits per heavy atom. The second-order valence-corrected chi connectivity index (χ2v) is 8.36. The molecule has 0 bridgehead atoms. The highest BCUT2D eigenvalue weighted by Crippen LogP contribution is 2.30. The highest BCUT2D eigenvalue weighted by atomic mass is 16.5. The third-order valence-electron chi connectivity index (χ3n) is 5.71. The zero-order valence-corrected chi connectivity index (χ0v) is 18.2. The quantitative estimate of drug-likeness (QED) is 0.517. The van der Waals surface area contributed by atoms with Crippen LogP contribution in [0.15, 0.2) is 41.7 Å². The van der Waals surface area contributed by atoms with E-state index < -0.39 is 0 Å². The Hall–Kier alpha value is -2.70. The molecule has 162 valence electrons. The number of aryl methyl sites for hydroxylation is 1. The van der Waals surface area contributed by atoms with Gasteiger partial charge in [0.2, 0.25) is 0 Å². The Labute approximate surface area is 179 Å². The Balaban J connectivity index is 1.38. The first-order chi connectivity index (χ1) is 14.7. The maximum Gasteiger partial charge on any atom is 0.191 e. The Morgan fingerprint density at radius 1 is 1.27 bits per heavy atom. The zero-order chi connectivity index (χ0) is 20.8. The van der Waals surface area contributed by atoms with Gasteiger partial charge in [-0.05, 0) is 44.6 Å². The number of aromatic nitrogens is 2. The van der Waals surface area contributed by atoms with E-state index in [0.29, 0.717) is 12.6 Å². The summed E-state index contributed by atoms with van der Waals surface area (Å²) in [5.41, 5.74) is 2.32. The fourth-order valence-electron chi connectivity index (χ4n) is 3.85. The number of piperidine rings is 1. The van der Waals surface area contributed by atoms with Crippen molar-refractivity contribution in [3.05, 3.63) is 42.2 Å². The van der Waals surface area contributed by atoms with E-state index >= 15 is 0 Å². The molecule has 2 heterocycles. The van der Waals surface area contributed by atoms with Crippen molar-refractivity contribution < 1.29 is 4.74 Å². The molecule has 7 nitrogen and oxygen atoms in total. The molecular weight excluding hydrogens is 376 g/mol. The molecule has 4 rings (SSSR count). The maximum atomic E-state index is 6.04. The Morgan fingerprint density at radius 3 is 2.90 bits per heavy atom. The standard InChI is InChI=1S/C23H34N6O/c1-3-24-23(25-13-19-7-4-5-9-22(19)30-17-18-10-11-18)27-20-8-6-12-29(15-20)21-14-26-28(2)16-21/h4-5,7,9,14,16,18,20H,3,6,8,10-13,15,17H2,1-2H3,(H2,24,25,27). The molecule has 0 radical (unpaired) electrons. The highest BCUT2D eigenvalue weighted by molar-refractivity contribution is 5.80. The van der Waals surface area contributed by atoms with Gasteiger partial charge < -0.3 is 20.3 Å². The van der Waals surface area contributed by atoms with Gasteiger partial charge in [0, 0.05) is 44.5 Å². The average Bonchev–Trinajstić information content (AvgIpc) is 3.49. The normalized spacial score (nSPS) is 19.6. The first kappa shape index (κ1) is 20.6. The van der Waals surface area contributed by atoms with Gasteiger partial charge in [-0.2, -0.15) is 5.10 Å². The number of aliphatic imine (C=N–C) groups is 1. The fourth-order valence-corrected chi connectivity index (χ4v) is 3.85. The number of hydrogen-bond acceptors (Lipinski definition) is 4. The van der Waals surface area contributed by atoms with Crippen LogP contribution in [-0.2, 0) is 13.6 Å². The number of hydrogen-bond donors (Lipinski definition) is 2. The van der Waals surface area contributed by atoms with Crippen LogP contribution < -0.4 is 20.3 Å². The van der Waals surface area contributed by atoms with Gasteiger partial charge in [0.25, 0.3) is 0 Å². The van der Waals surface area contributed by atoms with Crippen LogP contribution in [0.3, 0.4) is 0 Å². The second-order valence-electron chi connectivity index (χ2n) is 8.36. The van der Waals surface area contributed by atoms with Crippen molar-refractivity contribution in [3.8, 4) is 5.75 Å². The molecule has 30 heavy (non-hydrogen) atoms. The van der Waals surface area contributed by atoms with E-state index in [1.807, 2.05) is 24.0 Å². The summed E-state index contributed by atoms with van der Waals surface area (Å²) in [5, 5.41) is 11.4. The van der Waals surface area contributed by atoms with Crippen LogP contribution >= 0.6 is 0 Å². The molecular formula is C23H34N6O. The van der Waals surface area contributed by atoms with Crippen LogP contribution in [-0.4, -0.2) is 48.0 Å². The summed E-state index contributed by atoms with van der Waals surface area (Å²) in [6, 6.07) is 8.62. The minimum Gasteiger partial charge on any atom is -0.493 e. The van der Waals surface area contributed by atoms with Gasteiger partial charge in [0.05, 0.1) is 25.0 Å². The van der Waals surface area contributed by atoms with E-state index in [9.17, 15) is 0 Å². The van der Waals surface area contributed by atoms with Crippen molar-refractivity contribution in [3.63, 3.8) is 0 Å². The predicted molar refractivity (Wildman–Crippen MR) is 121 cm³/mol. The number of nitrogens with one attached hydrogen (secondary N) is 2. The Kier molecular flexibility index (Phi) is 6.77. The van der Waals surface area contributed by atoms with Crippen molar-refractivity contribution in [1.82, 2.24) is 20.4 Å². The van der Waals surface area contributed by atoms with Gasteiger partial charge in [-0.3, -0.25) is 4.68 Å². The molecule has 2 N–H and O–H groups in total. The lowest BCUT2D eigenvalue weighted by molar-refractivity contribution is 0.297. The molecule has 1 saturated heterocycles. The molecule has 1 saturated carbocycles. The van der Waals surface area contributed by atoms with Crippen LogP contribution in [0.1, 0.15) is 38.2 Å². The molecule has 1 unspecified atom stereocenters. The number of benzene rings is 1. The third kappa shape index (κ3) is 5.68. The van der Waals surface area contributed by atoms with Crippen LogP contribution in [0.5, 0.6) is 5.75 Å². The van der Waals surface area contributed by atoms with Crippen molar-refractivity contribution >= 4 is 11.6 Å². The molecule has 1 aromatic carbocycles. The molecule has 1 atom stereocenters. The topological polar surface area (TPSA) is 66.7 Å². The van der Waals surface area contributed by atoms with Crippen LogP contribution in [0.2, 0.25) is 0 Å². The molecule has 2 aliphatic rings. The van der Waals surface area contributed by atoms with Gasteiger partial charge in [-0.1, -0.05) is 18.2 Å². The minimum atomic E-state index is 0.359. The summed E-state index contributed by atoms with van der Waals surface area (Å²) in [6.45, 7) is 6.40. The van der Waals surface area contributed by atoms with Crippen molar-refractivity contribution in [2.45, 2.75) is 45.2 Å². The minimum absolute atomic E-state index is 0.359. The lowest BCUT2D eigenvalue weighted by Gasteiger charge is -2.34. The van der Waals surface area contributed by atoms with Gasteiger partial charge in [0.15, 0.2) is 5.96 Å². The van der Waals surface area contributed by atoms with Gasteiger partial charge >= 0.3 is 0 Å². The number of para-hydroxylation sites is 1. The van der Waals surface area contributed by atoms with Gasteiger partial charge in [-0.15, -0.1) is 0 Å². The zero-order valence-electron chi connectivity index (χ0n) is 18.2. The van der Waals surface area contributed by atoms with E-state index in [1.165, 1.54) is 18.5 Å². The van der Waals surface area contributed by atoms with E-state index in [2.05, 4.69) is 52.0 Å². The summed E-state index contributed by atoms with van der Waals surface area (Å²) in [4.78, 5) is 7.26. The smallest absolute Gasteiger partial charge is 0.191 e. The number of anilines is 1. The number of ether oxygens (including phenoxy) is 1. The largest absolute Gasteiger partial charge is 0.493 e. The molecule has 7 heteroatoms. The number of guanidine groups is 1. The molecule has 1 aromatic heterocycles. The summed E-state index contributed by atoms with van der Waals surface area (Å²) in [6.07, 6.45) is 8.92. The third-order valence-corrected chi connectivity index (χ3v) is 5.71. The lowest BCUT2D eigenvalue weighted by Crippen LogP contribution is -2.51. The maximum absolute atomic E-state index is 6.04. The first-order valence-electron chi connectivity index (χ1n) is 11.2. The van der Waals surface area contributed by atoms with Crippen LogP contribution in [0, 0.1) is 5.92 Å². The van der Waals surface area contributed by atoms with Crippen molar-refractivity contribution in [1.29, 1.82) is 0 Å². The molecule has 1 aliphatic heterocycles. The van der Waals surface area contributed by atoms with E-state index in [0.717, 1.165) is 62.3 Å². The van der Waals surface area contributed by atoms with E-state index in [-0.39, 0.29) is 0 Å². The molecule has 2 aromatic rings. The fraction of sp³-hybridized carbons (Fsp3) is 0.565. The lowest BCUT2D eigenvalue weighted by atomic mass is 10.1. The summed E-state index contributed by atoms with van der Waals surface area (Å²) in [7, 11) is 1.96. The number of nitrogens with zero attached hydrogens (tertiary/aromatic N) is 4. The number of rotatable bonds is 8. The molecule has 1 aliphatic carbocycles. The first-order valence-corrected chi connectivity index (χ1v) is 11.2. The monoisotopic (exact) mass is 410 g/mol.